The molecule has 0 unspecified atom stereocenters. The highest BCUT2D eigenvalue weighted by molar-refractivity contribution is 14.1. The summed E-state index contributed by atoms with van der Waals surface area (Å²) < 4.78 is 6.79. The predicted molar refractivity (Wildman–Crippen MR) is 136 cm³/mol. The molecule has 0 radical (unpaired) electrons. The molecule has 32 heavy (non-hydrogen) atoms. The maximum absolute atomic E-state index is 13.3. The van der Waals surface area contributed by atoms with Crippen LogP contribution in [0.5, 0.6) is 5.75 Å². The van der Waals surface area contributed by atoms with E-state index in [2.05, 4.69) is 27.9 Å². The van der Waals surface area contributed by atoms with Gasteiger partial charge in [0.1, 0.15) is 11.8 Å². The van der Waals surface area contributed by atoms with Crippen molar-refractivity contribution in [1.82, 2.24) is 10.2 Å². The topological polar surface area (TPSA) is 58.6 Å². The third-order valence-electron chi connectivity index (χ3n) is 5.65. The number of nitrogens with one attached hydrogen (secondary N) is 1. The molecule has 1 aliphatic carbocycles. The molecular weight excluding hydrogens is 562 g/mol. The van der Waals surface area contributed by atoms with Crippen LogP contribution in [0.15, 0.2) is 42.5 Å². The van der Waals surface area contributed by atoms with Crippen molar-refractivity contribution in [2.45, 2.75) is 57.7 Å². The number of carbonyl (C=O) groups excluding carboxylic acids is 2. The highest BCUT2D eigenvalue weighted by Gasteiger charge is 2.31. The molecular formula is C24H27Cl2IN2O3. The van der Waals surface area contributed by atoms with Crippen LogP contribution in [0.4, 0.5) is 0 Å². The largest absolute Gasteiger partial charge is 0.484 e. The minimum Gasteiger partial charge on any atom is -0.484 e. The first-order valence-corrected chi connectivity index (χ1v) is 12.6. The number of hydrogen-bond donors (Lipinski definition) is 1. The first-order valence-electron chi connectivity index (χ1n) is 10.8. The molecule has 1 saturated carbocycles. The van der Waals surface area contributed by atoms with E-state index in [-0.39, 0.29) is 31.0 Å². The lowest BCUT2D eigenvalue weighted by atomic mass is 10.1. The van der Waals surface area contributed by atoms with Crippen molar-refractivity contribution in [2.75, 3.05) is 6.61 Å². The molecule has 1 atom stereocenters. The van der Waals surface area contributed by atoms with Crippen molar-refractivity contribution < 1.29 is 14.3 Å². The van der Waals surface area contributed by atoms with Gasteiger partial charge in [-0.2, -0.15) is 0 Å². The zero-order valence-corrected chi connectivity index (χ0v) is 21.6. The third-order valence-corrected chi connectivity index (χ3v) is 7.08. The summed E-state index contributed by atoms with van der Waals surface area (Å²) >= 11 is 15.0. The molecule has 0 aliphatic heterocycles. The number of amides is 2. The van der Waals surface area contributed by atoms with E-state index in [1.54, 1.807) is 18.2 Å². The fourth-order valence-electron chi connectivity index (χ4n) is 3.90. The molecule has 1 fully saturated rings. The second kappa shape index (κ2) is 12.1. The molecule has 1 N–H and O–H groups in total. The average Bonchev–Trinajstić information content (AvgIpc) is 3.28. The summed E-state index contributed by atoms with van der Waals surface area (Å²) in [4.78, 5) is 28.0. The van der Waals surface area contributed by atoms with Gasteiger partial charge in [0, 0.05) is 31.8 Å². The van der Waals surface area contributed by atoms with Gasteiger partial charge in [-0.1, -0.05) is 49.0 Å². The van der Waals surface area contributed by atoms with E-state index in [0.717, 1.165) is 29.3 Å². The van der Waals surface area contributed by atoms with Gasteiger partial charge in [-0.25, -0.2) is 0 Å². The van der Waals surface area contributed by atoms with Crippen LogP contribution in [0.25, 0.3) is 0 Å². The van der Waals surface area contributed by atoms with Crippen molar-refractivity contribution in [3.63, 3.8) is 0 Å². The number of rotatable bonds is 9. The lowest BCUT2D eigenvalue weighted by molar-refractivity contribution is -0.143. The molecule has 0 aromatic heterocycles. The second-order valence-electron chi connectivity index (χ2n) is 7.88. The zero-order chi connectivity index (χ0) is 23.1. The lowest BCUT2D eigenvalue weighted by Gasteiger charge is -2.32. The van der Waals surface area contributed by atoms with Crippen LogP contribution in [0, 0.1) is 3.57 Å². The molecule has 0 saturated heterocycles. The van der Waals surface area contributed by atoms with Crippen LogP contribution in [0.2, 0.25) is 10.0 Å². The maximum Gasteiger partial charge on any atom is 0.261 e. The van der Waals surface area contributed by atoms with Crippen LogP contribution in [-0.2, 0) is 16.1 Å². The first kappa shape index (κ1) is 25.1. The predicted octanol–water partition coefficient (Wildman–Crippen LogP) is 5.84. The van der Waals surface area contributed by atoms with E-state index in [1.807, 2.05) is 31.2 Å². The van der Waals surface area contributed by atoms with Gasteiger partial charge in [-0.15, -0.1) is 0 Å². The summed E-state index contributed by atoms with van der Waals surface area (Å²) in [6.45, 7) is 1.84. The Bertz CT molecular complexity index is 913. The van der Waals surface area contributed by atoms with Crippen molar-refractivity contribution in [3.05, 3.63) is 61.6 Å². The summed E-state index contributed by atoms with van der Waals surface area (Å²) in [5.41, 5.74) is 0.616. The summed E-state index contributed by atoms with van der Waals surface area (Å²) in [6, 6.07) is 12.2. The molecule has 1 aliphatic rings. The van der Waals surface area contributed by atoms with Gasteiger partial charge in [-0.3, -0.25) is 9.59 Å². The second-order valence-corrected chi connectivity index (χ2v) is 9.94. The molecule has 0 heterocycles. The van der Waals surface area contributed by atoms with Gasteiger partial charge >= 0.3 is 0 Å². The molecule has 8 heteroatoms. The Morgan fingerprint density at radius 2 is 1.75 bits per heavy atom. The van der Waals surface area contributed by atoms with E-state index in [9.17, 15) is 9.59 Å². The van der Waals surface area contributed by atoms with Crippen LogP contribution >= 0.6 is 45.8 Å². The molecule has 2 aromatic rings. The molecule has 2 amide bonds. The van der Waals surface area contributed by atoms with E-state index in [0.29, 0.717) is 27.8 Å². The third kappa shape index (κ3) is 6.75. The van der Waals surface area contributed by atoms with Gasteiger partial charge < -0.3 is 15.0 Å². The molecule has 3 rings (SSSR count). The van der Waals surface area contributed by atoms with Crippen molar-refractivity contribution >= 4 is 57.6 Å². The number of benzene rings is 2. The Balaban J connectivity index is 1.80. The Morgan fingerprint density at radius 1 is 1.12 bits per heavy atom. The normalized spacial score (nSPS) is 14.8. The number of carbonyl (C=O) groups is 2. The quantitative estimate of drug-likeness (QED) is 0.374. The minimum atomic E-state index is -0.643. The number of hydrogen-bond acceptors (Lipinski definition) is 3. The summed E-state index contributed by atoms with van der Waals surface area (Å²) in [5.74, 6) is 0.149. The molecule has 2 aromatic carbocycles. The molecule has 172 valence electrons. The Labute approximate surface area is 212 Å². The number of nitrogens with zero attached hydrogens (tertiary/aromatic N) is 1. The first-order chi connectivity index (χ1) is 15.4. The molecule has 0 bridgehead atoms. The highest BCUT2D eigenvalue weighted by Crippen LogP contribution is 2.27. The summed E-state index contributed by atoms with van der Waals surface area (Å²) in [6.07, 6.45) is 4.65. The Morgan fingerprint density at radius 3 is 2.34 bits per heavy atom. The fourth-order valence-corrected chi connectivity index (χ4v) is 4.78. The van der Waals surface area contributed by atoms with Crippen LogP contribution in [0.1, 0.15) is 44.6 Å². The van der Waals surface area contributed by atoms with Crippen molar-refractivity contribution in [2.24, 2.45) is 0 Å². The Hall–Kier alpha value is -1.51. The SMILES string of the molecule is CC[C@H](C(=O)NC1CCCC1)N(Cc1c(Cl)cccc1Cl)C(=O)COc1ccc(I)cc1. The molecule has 5 nitrogen and oxygen atoms in total. The van der Waals surface area contributed by atoms with Gasteiger partial charge in [0.2, 0.25) is 5.91 Å². The van der Waals surface area contributed by atoms with E-state index >= 15 is 0 Å². The van der Waals surface area contributed by atoms with Crippen LogP contribution < -0.4 is 10.1 Å². The number of ether oxygens (including phenoxy) is 1. The van der Waals surface area contributed by atoms with Gasteiger partial charge in [0.25, 0.3) is 5.91 Å². The average molecular weight is 589 g/mol. The van der Waals surface area contributed by atoms with Crippen LogP contribution in [-0.4, -0.2) is 35.4 Å². The summed E-state index contributed by atoms with van der Waals surface area (Å²) in [5, 5.41) is 4.04. The van der Waals surface area contributed by atoms with Crippen molar-refractivity contribution in [1.29, 1.82) is 0 Å². The Kier molecular flexibility index (Phi) is 9.49. The lowest BCUT2D eigenvalue weighted by Crippen LogP contribution is -2.52. The number of halogens is 3. The summed E-state index contributed by atoms with van der Waals surface area (Å²) in [7, 11) is 0. The standard InChI is InChI=1S/C24H27Cl2IN2O3/c1-2-22(24(31)28-17-6-3-4-7-17)29(14-19-20(25)8-5-9-21(19)26)23(30)15-32-18-12-10-16(27)11-13-18/h5,8-13,17,22H,2-4,6-7,14-15H2,1H3,(H,28,31)/t22-/m1/s1. The fraction of sp³-hybridized carbons (Fsp3) is 0.417. The maximum atomic E-state index is 13.3. The van der Waals surface area contributed by atoms with Gasteiger partial charge in [0.15, 0.2) is 6.61 Å². The van der Waals surface area contributed by atoms with Crippen molar-refractivity contribution in [3.8, 4) is 5.75 Å². The smallest absolute Gasteiger partial charge is 0.261 e. The van der Waals surface area contributed by atoms with E-state index < -0.39 is 6.04 Å². The van der Waals surface area contributed by atoms with E-state index in [4.69, 9.17) is 27.9 Å². The van der Waals surface area contributed by atoms with E-state index in [1.165, 1.54) is 4.90 Å². The highest BCUT2D eigenvalue weighted by atomic mass is 127. The van der Waals surface area contributed by atoms with Gasteiger partial charge in [-0.05, 0) is 78.3 Å². The minimum absolute atomic E-state index is 0.129. The monoisotopic (exact) mass is 588 g/mol. The van der Waals surface area contributed by atoms with Gasteiger partial charge in [0.05, 0.1) is 0 Å². The van der Waals surface area contributed by atoms with Crippen LogP contribution in [0.3, 0.4) is 0 Å². The molecule has 0 spiro atoms. The zero-order valence-electron chi connectivity index (χ0n) is 18.0.